The molecule has 1 aromatic heterocycles. The lowest BCUT2D eigenvalue weighted by atomic mass is 10.1. The van der Waals surface area contributed by atoms with Gasteiger partial charge in [0.1, 0.15) is 11.5 Å². The molecule has 0 bridgehead atoms. The van der Waals surface area contributed by atoms with E-state index in [-0.39, 0.29) is 12.4 Å². The largest absolute Gasteiger partial charge is 0.356 e. The minimum absolute atomic E-state index is 0.210. The quantitative estimate of drug-likeness (QED) is 0.791. The second-order valence-electron chi connectivity index (χ2n) is 6.46. The lowest BCUT2D eigenvalue weighted by Crippen LogP contribution is -2.53. The van der Waals surface area contributed by atoms with E-state index in [0.717, 1.165) is 25.0 Å². The highest BCUT2D eigenvalue weighted by molar-refractivity contribution is 6.35. The van der Waals surface area contributed by atoms with Gasteiger partial charge in [0.05, 0.1) is 6.54 Å². The van der Waals surface area contributed by atoms with Crippen molar-refractivity contribution in [1.29, 1.82) is 0 Å². The molecule has 1 fully saturated rings. The van der Waals surface area contributed by atoms with Gasteiger partial charge in [0.2, 0.25) is 0 Å². The minimum Gasteiger partial charge on any atom is -0.356 e. The fourth-order valence-electron chi connectivity index (χ4n) is 3.33. The summed E-state index contributed by atoms with van der Waals surface area (Å²) in [6, 6.07) is 7.59. The van der Waals surface area contributed by atoms with E-state index in [1.165, 1.54) is 17.0 Å². The van der Waals surface area contributed by atoms with Crippen molar-refractivity contribution in [1.82, 2.24) is 15.0 Å². The van der Waals surface area contributed by atoms with E-state index >= 15 is 0 Å². The summed E-state index contributed by atoms with van der Waals surface area (Å²) in [7, 11) is 0. The summed E-state index contributed by atoms with van der Waals surface area (Å²) in [5.74, 6) is -0.830. The van der Waals surface area contributed by atoms with Gasteiger partial charge in [-0.1, -0.05) is 11.2 Å². The highest BCUT2D eigenvalue weighted by atomic mass is 19.1. The number of halogens is 1. The summed E-state index contributed by atoms with van der Waals surface area (Å²) in [4.78, 5) is 27.9. The number of piperazine rings is 1. The van der Waals surface area contributed by atoms with Crippen molar-refractivity contribution >= 4 is 11.8 Å². The molecule has 2 heterocycles. The molecule has 0 N–H and O–H groups in total. The average molecular weight is 355 g/mol. The molecular formula is C19H18FN3O3. The molecule has 0 spiro atoms. The van der Waals surface area contributed by atoms with Crippen molar-refractivity contribution in [2.24, 2.45) is 0 Å². The molecule has 2 amide bonds. The van der Waals surface area contributed by atoms with Crippen LogP contribution in [0.25, 0.3) is 11.3 Å². The van der Waals surface area contributed by atoms with Gasteiger partial charge in [0.25, 0.3) is 0 Å². The number of hydrogen-bond donors (Lipinski definition) is 0. The first-order valence-corrected chi connectivity index (χ1v) is 8.63. The van der Waals surface area contributed by atoms with Crippen molar-refractivity contribution in [3.05, 3.63) is 53.6 Å². The van der Waals surface area contributed by atoms with Crippen molar-refractivity contribution in [3.8, 4) is 11.3 Å². The number of carbonyl (C=O) groups is 2. The molecular weight excluding hydrogens is 337 g/mol. The molecule has 26 heavy (non-hydrogen) atoms. The smallest absolute Gasteiger partial charge is 0.316 e. The lowest BCUT2D eigenvalue weighted by Gasteiger charge is -2.34. The lowest BCUT2D eigenvalue weighted by molar-refractivity contribution is -0.155. The summed E-state index contributed by atoms with van der Waals surface area (Å²) in [5.41, 5.74) is 2.22. The Bertz CT molecular complexity index is 872. The van der Waals surface area contributed by atoms with Crippen LogP contribution in [0.15, 0.2) is 46.6 Å². The van der Waals surface area contributed by atoms with E-state index in [1.54, 1.807) is 23.1 Å². The second kappa shape index (κ2) is 6.74. The van der Waals surface area contributed by atoms with Gasteiger partial charge in [0.15, 0.2) is 5.76 Å². The van der Waals surface area contributed by atoms with Gasteiger partial charge in [-0.15, -0.1) is 0 Å². The van der Waals surface area contributed by atoms with Gasteiger partial charge < -0.3 is 14.3 Å². The second-order valence-corrected chi connectivity index (χ2v) is 6.46. The number of nitrogens with zero attached hydrogens (tertiary/aromatic N) is 3. The topological polar surface area (TPSA) is 66.7 Å². The number of benzene rings is 1. The summed E-state index contributed by atoms with van der Waals surface area (Å²) >= 11 is 0. The van der Waals surface area contributed by atoms with E-state index in [1.807, 2.05) is 6.08 Å². The van der Waals surface area contributed by atoms with E-state index in [4.69, 9.17) is 4.52 Å². The van der Waals surface area contributed by atoms with Crippen LogP contribution in [0.2, 0.25) is 0 Å². The van der Waals surface area contributed by atoms with Crippen LogP contribution in [0.3, 0.4) is 0 Å². The summed E-state index contributed by atoms with van der Waals surface area (Å²) in [6.45, 7) is 1.17. The van der Waals surface area contributed by atoms with Gasteiger partial charge in [-0.05, 0) is 43.5 Å². The van der Waals surface area contributed by atoms with Crippen LogP contribution in [-0.2, 0) is 16.1 Å². The fourth-order valence-corrected chi connectivity index (χ4v) is 3.33. The van der Waals surface area contributed by atoms with Crippen LogP contribution in [0.5, 0.6) is 0 Å². The molecule has 6 nitrogen and oxygen atoms in total. The van der Waals surface area contributed by atoms with Crippen LogP contribution in [0.1, 0.15) is 25.0 Å². The fraction of sp³-hybridized carbons (Fsp3) is 0.316. The average Bonchev–Trinajstić information content (AvgIpc) is 3.32. The molecule has 134 valence electrons. The maximum atomic E-state index is 13.0. The molecule has 1 saturated heterocycles. The maximum absolute atomic E-state index is 13.0. The molecule has 1 aliphatic carbocycles. The van der Waals surface area contributed by atoms with Crippen LogP contribution >= 0.6 is 0 Å². The Labute approximate surface area is 149 Å². The standard InChI is InChI=1S/C19H18FN3O3/c20-14-7-5-13(6-8-14)17-11-15(21-26-17)12-22-9-10-23(19(25)18(22)24)16-3-1-2-4-16/h3,5-8,11H,1-2,4,9-10,12H2. The number of carbonyl (C=O) groups excluding carboxylic acids is 2. The molecule has 0 radical (unpaired) electrons. The highest BCUT2D eigenvalue weighted by Crippen LogP contribution is 2.25. The Kier molecular flexibility index (Phi) is 4.28. The maximum Gasteiger partial charge on any atom is 0.316 e. The van der Waals surface area contributed by atoms with Crippen molar-refractivity contribution in [3.63, 3.8) is 0 Å². The van der Waals surface area contributed by atoms with Crippen LogP contribution in [0, 0.1) is 5.82 Å². The molecule has 0 saturated carbocycles. The normalized spacial score (nSPS) is 17.8. The zero-order valence-corrected chi connectivity index (χ0v) is 14.2. The first kappa shape index (κ1) is 16.5. The predicted molar refractivity (Wildman–Crippen MR) is 91.0 cm³/mol. The number of aromatic nitrogens is 1. The first-order chi connectivity index (χ1) is 12.6. The summed E-state index contributed by atoms with van der Waals surface area (Å²) in [5, 5.41) is 3.97. The van der Waals surface area contributed by atoms with E-state index < -0.39 is 11.8 Å². The monoisotopic (exact) mass is 355 g/mol. The molecule has 7 heteroatoms. The van der Waals surface area contributed by atoms with E-state index in [0.29, 0.717) is 30.1 Å². The Hall–Kier alpha value is -2.96. The van der Waals surface area contributed by atoms with Gasteiger partial charge in [-0.2, -0.15) is 0 Å². The van der Waals surface area contributed by atoms with Crippen molar-refractivity contribution in [2.45, 2.75) is 25.8 Å². The van der Waals surface area contributed by atoms with Crippen molar-refractivity contribution < 1.29 is 18.5 Å². The molecule has 0 atom stereocenters. The minimum atomic E-state index is -0.518. The number of allylic oxidation sites excluding steroid dienone is 2. The van der Waals surface area contributed by atoms with E-state index in [9.17, 15) is 14.0 Å². The molecule has 0 unspecified atom stereocenters. The Morgan fingerprint density at radius 3 is 2.65 bits per heavy atom. The van der Waals surface area contributed by atoms with Crippen LogP contribution in [0.4, 0.5) is 4.39 Å². The highest BCUT2D eigenvalue weighted by Gasteiger charge is 2.35. The predicted octanol–water partition coefficient (Wildman–Crippen LogP) is 2.72. The number of rotatable bonds is 4. The van der Waals surface area contributed by atoms with Crippen molar-refractivity contribution in [2.75, 3.05) is 13.1 Å². The SMILES string of the molecule is O=C1C(=O)N(C2=CCCC2)CCN1Cc1cc(-c2ccc(F)cc2)on1. The van der Waals surface area contributed by atoms with Gasteiger partial charge in [-0.25, -0.2) is 4.39 Å². The Balaban J connectivity index is 1.44. The van der Waals surface area contributed by atoms with Crippen LogP contribution in [-0.4, -0.2) is 39.9 Å². The van der Waals surface area contributed by atoms with Gasteiger partial charge >= 0.3 is 11.8 Å². The Morgan fingerprint density at radius 2 is 1.92 bits per heavy atom. The summed E-state index contributed by atoms with van der Waals surface area (Å²) in [6.07, 6.45) is 4.88. The van der Waals surface area contributed by atoms with Crippen LogP contribution < -0.4 is 0 Å². The zero-order valence-electron chi connectivity index (χ0n) is 14.2. The zero-order chi connectivity index (χ0) is 18.1. The number of amides is 2. The molecule has 1 aliphatic heterocycles. The molecule has 2 aliphatic rings. The number of hydrogen-bond acceptors (Lipinski definition) is 4. The third-order valence-corrected chi connectivity index (χ3v) is 4.71. The van der Waals surface area contributed by atoms with Gasteiger partial charge in [-0.3, -0.25) is 9.59 Å². The molecule has 2 aromatic rings. The molecule has 1 aromatic carbocycles. The first-order valence-electron chi connectivity index (χ1n) is 8.63. The van der Waals surface area contributed by atoms with Gasteiger partial charge in [0, 0.05) is 30.4 Å². The summed E-state index contributed by atoms with van der Waals surface area (Å²) < 4.78 is 18.3. The third kappa shape index (κ3) is 3.12. The third-order valence-electron chi connectivity index (χ3n) is 4.71. The Morgan fingerprint density at radius 1 is 1.12 bits per heavy atom. The van der Waals surface area contributed by atoms with E-state index in [2.05, 4.69) is 5.16 Å². The molecule has 4 rings (SSSR count).